The lowest BCUT2D eigenvalue weighted by molar-refractivity contribution is 0.0592. The molecule has 1 aromatic rings. The first-order valence-corrected chi connectivity index (χ1v) is 5.72. The van der Waals surface area contributed by atoms with Gasteiger partial charge in [0.15, 0.2) is 0 Å². The molecule has 0 saturated heterocycles. The molecule has 0 aromatic heterocycles. The summed E-state index contributed by atoms with van der Waals surface area (Å²) in [6.45, 7) is 2.50. The van der Waals surface area contributed by atoms with Gasteiger partial charge in [0.2, 0.25) is 0 Å². The summed E-state index contributed by atoms with van der Waals surface area (Å²) in [6.07, 6.45) is 0.654. The molecule has 0 heterocycles. The lowest BCUT2D eigenvalue weighted by atomic mass is 10.1. The molecule has 0 amide bonds. The van der Waals surface area contributed by atoms with Crippen LogP contribution in [0.4, 0.5) is 5.69 Å². The van der Waals surface area contributed by atoms with Crippen LogP contribution in [-0.4, -0.2) is 32.9 Å². The lowest BCUT2D eigenvalue weighted by Gasteiger charge is -2.16. The van der Waals surface area contributed by atoms with Crippen LogP contribution in [-0.2, 0) is 9.47 Å². The summed E-state index contributed by atoms with van der Waals surface area (Å²) >= 11 is 0. The highest BCUT2D eigenvalue weighted by Crippen LogP contribution is 2.24. The van der Waals surface area contributed by atoms with E-state index in [-0.39, 0.29) is 6.10 Å². The van der Waals surface area contributed by atoms with Crippen LogP contribution in [0.15, 0.2) is 18.2 Å². The number of carbonyl (C=O) groups excluding carboxylic acids is 1. The van der Waals surface area contributed by atoms with E-state index in [0.717, 1.165) is 6.42 Å². The van der Waals surface area contributed by atoms with Crippen molar-refractivity contribution in [3.8, 4) is 5.75 Å². The van der Waals surface area contributed by atoms with Crippen molar-refractivity contribution in [2.75, 3.05) is 26.6 Å². The van der Waals surface area contributed by atoms with E-state index < -0.39 is 5.97 Å². The quantitative estimate of drug-likeness (QED) is 0.619. The minimum atomic E-state index is -0.441. The molecule has 5 nitrogen and oxygen atoms in total. The van der Waals surface area contributed by atoms with Gasteiger partial charge in [-0.05, 0) is 19.1 Å². The average Bonchev–Trinajstić information content (AvgIpc) is 2.35. The Labute approximate surface area is 107 Å². The Balaban J connectivity index is 2.85. The summed E-state index contributed by atoms with van der Waals surface area (Å²) in [5, 5.41) is 0. The van der Waals surface area contributed by atoms with Gasteiger partial charge in [0, 0.05) is 31.9 Å². The molecular weight excluding hydrogens is 234 g/mol. The first-order chi connectivity index (χ1) is 8.58. The average molecular weight is 253 g/mol. The second-order valence-corrected chi connectivity index (χ2v) is 3.96. The van der Waals surface area contributed by atoms with Crippen LogP contribution < -0.4 is 10.5 Å². The lowest BCUT2D eigenvalue weighted by Crippen LogP contribution is -2.16. The molecule has 1 unspecified atom stereocenters. The number of anilines is 1. The zero-order valence-corrected chi connectivity index (χ0v) is 10.9. The minimum absolute atomic E-state index is 0.0739. The van der Waals surface area contributed by atoms with Crippen molar-refractivity contribution in [3.63, 3.8) is 0 Å². The summed E-state index contributed by atoms with van der Waals surface area (Å²) in [6, 6.07) is 4.86. The van der Waals surface area contributed by atoms with Gasteiger partial charge in [-0.3, -0.25) is 0 Å². The van der Waals surface area contributed by atoms with E-state index in [0.29, 0.717) is 23.6 Å². The van der Waals surface area contributed by atoms with E-state index in [1.165, 1.54) is 7.11 Å². The maximum absolute atomic E-state index is 11.6. The first kappa shape index (κ1) is 14.3. The Kier molecular flexibility index (Phi) is 5.45. The molecule has 1 atom stereocenters. The highest BCUT2D eigenvalue weighted by molar-refractivity contribution is 5.93. The van der Waals surface area contributed by atoms with Gasteiger partial charge < -0.3 is 19.9 Å². The molecule has 2 N–H and O–H groups in total. The van der Waals surface area contributed by atoms with Crippen molar-refractivity contribution in [2.45, 2.75) is 19.4 Å². The molecular formula is C13H19NO4. The molecule has 0 bridgehead atoms. The Morgan fingerprint density at radius 3 is 2.72 bits per heavy atom. The van der Waals surface area contributed by atoms with E-state index in [2.05, 4.69) is 0 Å². The van der Waals surface area contributed by atoms with E-state index >= 15 is 0 Å². The van der Waals surface area contributed by atoms with Crippen molar-refractivity contribution in [2.24, 2.45) is 0 Å². The van der Waals surface area contributed by atoms with Gasteiger partial charge in [-0.25, -0.2) is 4.79 Å². The maximum atomic E-state index is 11.6. The molecule has 100 valence electrons. The zero-order chi connectivity index (χ0) is 13.5. The predicted octanol–water partition coefficient (Wildman–Crippen LogP) is 1.86. The van der Waals surface area contributed by atoms with E-state index in [1.807, 2.05) is 6.92 Å². The summed E-state index contributed by atoms with van der Waals surface area (Å²) in [5.41, 5.74) is 6.60. The molecule has 0 radical (unpaired) electrons. The molecule has 0 aliphatic rings. The SMILES string of the molecule is COCCC(C)Oc1cc(N)ccc1C(=O)OC. The van der Waals surface area contributed by atoms with E-state index in [1.54, 1.807) is 25.3 Å². The number of hydrogen-bond acceptors (Lipinski definition) is 5. The summed E-state index contributed by atoms with van der Waals surface area (Å²) in [7, 11) is 2.96. The zero-order valence-electron chi connectivity index (χ0n) is 10.9. The number of hydrogen-bond donors (Lipinski definition) is 1. The molecule has 0 aliphatic carbocycles. The number of nitrogen functional groups attached to an aromatic ring is 1. The van der Waals surface area contributed by atoms with Crippen molar-refractivity contribution in [1.29, 1.82) is 0 Å². The molecule has 0 fully saturated rings. The molecule has 0 aliphatic heterocycles. The second-order valence-electron chi connectivity index (χ2n) is 3.96. The molecule has 18 heavy (non-hydrogen) atoms. The predicted molar refractivity (Wildman–Crippen MR) is 68.8 cm³/mol. The molecule has 1 rings (SSSR count). The fourth-order valence-corrected chi connectivity index (χ4v) is 1.47. The highest BCUT2D eigenvalue weighted by Gasteiger charge is 2.15. The Bertz CT molecular complexity index is 406. The maximum Gasteiger partial charge on any atom is 0.341 e. The fourth-order valence-electron chi connectivity index (χ4n) is 1.47. The van der Waals surface area contributed by atoms with Crippen molar-refractivity contribution in [1.82, 2.24) is 0 Å². The van der Waals surface area contributed by atoms with Gasteiger partial charge in [0.1, 0.15) is 11.3 Å². The van der Waals surface area contributed by atoms with Crippen LogP contribution >= 0.6 is 0 Å². The Morgan fingerprint density at radius 2 is 2.11 bits per heavy atom. The smallest absolute Gasteiger partial charge is 0.341 e. The van der Waals surface area contributed by atoms with Gasteiger partial charge >= 0.3 is 5.97 Å². The third-order valence-corrected chi connectivity index (χ3v) is 2.47. The van der Waals surface area contributed by atoms with Crippen molar-refractivity contribution >= 4 is 11.7 Å². The fraction of sp³-hybridized carbons (Fsp3) is 0.462. The summed E-state index contributed by atoms with van der Waals surface area (Å²) < 4.78 is 15.4. The van der Waals surface area contributed by atoms with Crippen LogP contribution in [0.2, 0.25) is 0 Å². The van der Waals surface area contributed by atoms with Gasteiger partial charge in [-0.15, -0.1) is 0 Å². The number of carbonyl (C=O) groups is 1. The largest absolute Gasteiger partial charge is 0.490 e. The highest BCUT2D eigenvalue weighted by atomic mass is 16.5. The summed E-state index contributed by atoms with van der Waals surface area (Å²) in [5.74, 6) is -0.00519. The Morgan fingerprint density at radius 1 is 1.39 bits per heavy atom. The topological polar surface area (TPSA) is 70.8 Å². The molecule has 5 heteroatoms. The number of rotatable bonds is 6. The number of esters is 1. The van der Waals surface area contributed by atoms with Crippen LogP contribution in [0.3, 0.4) is 0 Å². The van der Waals surface area contributed by atoms with E-state index in [9.17, 15) is 4.79 Å². The third kappa shape index (κ3) is 3.92. The van der Waals surface area contributed by atoms with Crippen LogP contribution in [0.1, 0.15) is 23.7 Å². The van der Waals surface area contributed by atoms with Crippen LogP contribution in [0.25, 0.3) is 0 Å². The molecule has 1 aromatic carbocycles. The van der Waals surface area contributed by atoms with E-state index in [4.69, 9.17) is 19.9 Å². The number of benzene rings is 1. The van der Waals surface area contributed by atoms with Gasteiger partial charge in [-0.1, -0.05) is 0 Å². The van der Waals surface area contributed by atoms with Crippen LogP contribution in [0, 0.1) is 0 Å². The van der Waals surface area contributed by atoms with Crippen molar-refractivity contribution < 1.29 is 19.0 Å². The van der Waals surface area contributed by atoms with Gasteiger partial charge in [-0.2, -0.15) is 0 Å². The van der Waals surface area contributed by atoms with Gasteiger partial charge in [0.05, 0.1) is 13.2 Å². The standard InChI is InChI=1S/C13H19NO4/c1-9(6-7-16-2)18-12-8-10(14)4-5-11(12)13(15)17-3/h4-5,8-9H,6-7,14H2,1-3H3. The third-order valence-electron chi connectivity index (χ3n) is 2.47. The number of ether oxygens (including phenoxy) is 3. The molecule has 0 saturated carbocycles. The monoisotopic (exact) mass is 253 g/mol. The number of nitrogens with two attached hydrogens (primary N) is 1. The summed E-state index contributed by atoms with van der Waals surface area (Å²) in [4.78, 5) is 11.6. The van der Waals surface area contributed by atoms with Crippen LogP contribution in [0.5, 0.6) is 5.75 Å². The number of methoxy groups -OCH3 is 2. The second kappa shape index (κ2) is 6.86. The minimum Gasteiger partial charge on any atom is -0.490 e. The molecule has 0 spiro atoms. The first-order valence-electron chi connectivity index (χ1n) is 5.72. The van der Waals surface area contributed by atoms with Gasteiger partial charge in [0.25, 0.3) is 0 Å². The Hall–Kier alpha value is -1.75. The van der Waals surface area contributed by atoms with Crippen molar-refractivity contribution in [3.05, 3.63) is 23.8 Å². The normalized spacial score (nSPS) is 11.9.